The summed E-state index contributed by atoms with van der Waals surface area (Å²) in [4.78, 5) is 0. The van der Waals surface area contributed by atoms with Crippen LogP contribution in [0.25, 0.3) is 0 Å². The van der Waals surface area contributed by atoms with Crippen LogP contribution in [0.3, 0.4) is 0 Å². The highest BCUT2D eigenvalue weighted by atomic mass is 16.5. The minimum absolute atomic E-state index is 0.558. The summed E-state index contributed by atoms with van der Waals surface area (Å²) in [5.74, 6) is 2.00. The van der Waals surface area contributed by atoms with Crippen LogP contribution in [0.4, 0.5) is 0 Å². The monoisotopic (exact) mass is 239 g/mol. The maximum atomic E-state index is 5.61. The van der Waals surface area contributed by atoms with Crippen LogP contribution < -0.4 is 5.32 Å². The van der Waals surface area contributed by atoms with E-state index in [1.807, 2.05) is 0 Å². The predicted molar refractivity (Wildman–Crippen MR) is 72.1 cm³/mol. The number of nitrogens with one attached hydrogen (secondary N) is 1. The molecule has 2 aliphatic rings. The molecule has 0 spiro atoms. The Morgan fingerprint density at radius 2 is 2.18 bits per heavy atom. The smallest absolute Gasteiger partial charge is 0.0471 e. The predicted octanol–water partition coefficient (Wildman–Crippen LogP) is 3.22. The van der Waals surface area contributed by atoms with Crippen LogP contribution >= 0.6 is 0 Å². The first kappa shape index (κ1) is 13.4. The van der Waals surface area contributed by atoms with Gasteiger partial charge in [0.15, 0.2) is 0 Å². The van der Waals surface area contributed by atoms with Crippen molar-refractivity contribution in [3.05, 3.63) is 0 Å². The van der Waals surface area contributed by atoms with Gasteiger partial charge in [0.2, 0.25) is 0 Å². The molecule has 2 heteroatoms. The Morgan fingerprint density at radius 3 is 2.71 bits per heavy atom. The maximum Gasteiger partial charge on any atom is 0.0471 e. The van der Waals surface area contributed by atoms with Gasteiger partial charge >= 0.3 is 0 Å². The maximum absolute atomic E-state index is 5.61. The summed E-state index contributed by atoms with van der Waals surface area (Å²) in [5, 5.41) is 3.68. The van der Waals surface area contributed by atoms with Gasteiger partial charge in [0, 0.05) is 25.8 Å². The first-order valence-electron chi connectivity index (χ1n) is 7.47. The van der Waals surface area contributed by atoms with E-state index in [4.69, 9.17) is 4.74 Å². The summed E-state index contributed by atoms with van der Waals surface area (Å²) in [5.41, 5.74) is 0.558. The molecule has 2 saturated carbocycles. The molecule has 0 amide bonds. The molecule has 0 aliphatic heterocycles. The Kier molecular flexibility index (Phi) is 4.48. The topological polar surface area (TPSA) is 21.3 Å². The second kappa shape index (κ2) is 5.71. The molecule has 0 aromatic heterocycles. The molecule has 0 saturated heterocycles. The van der Waals surface area contributed by atoms with E-state index < -0.39 is 0 Å². The molecule has 3 unspecified atom stereocenters. The molecule has 2 aliphatic carbocycles. The normalized spacial score (nSPS) is 36.0. The average molecular weight is 239 g/mol. The van der Waals surface area contributed by atoms with Crippen molar-refractivity contribution in [2.45, 2.75) is 58.9 Å². The number of hydrogen-bond acceptors (Lipinski definition) is 2. The van der Waals surface area contributed by atoms with Gasteiger partial charge in [0.1, 0.15) is 0 Å². The summed E-state index contributed by atoms with van der Waals surface area (Å²) in [7, 11) is 0. The summed E-state index contributed by atoms with van der Waals surface area (Å²) < 4.78 is 5.61. The third kappa shape index (κ3) is 3.03. The molecule has 0 heterocycles. The molecule has 3 atom stereocenters. The second-order valence-corrected chi connectivity index (χ2v) is 6.43. The van der Waals surface area contributed by atoms with E-state index in [2.05, 4.69) is 26.1 Å². The Balaban J connectivity index is 1.92. The van der Waals surface area contributed by atoms with Gasteiger partial charge in [-0.3, -0.25) is 0 Å². The Labute approximate surface area is 107 Å². The van der Waals surface area contributed by atoms with E-state index >= 15 is 0 Å². The molecule has 0 aromatic carbocycles. The molecule has 2 fully saturated rings. The highest BCUT2D eigenvalue weighted by molar-refractivity contribution is 5.01. The first-order valence-corrected chi connectivity index (χ1v) is 7.47. The number of hydrogen-bond donors (Lipinski definition) is 1. The molecule has 1 N–H and O–H groups in total. The van der Waals surface area contributed by atoms with Crippen LogP contribution in [0.5, 0.6) is 0 Å². The number of rotatable bonds is 7. The molecule has 100 valence electrons. The lowest BCUT2D eigenvalue weighted by atomic mass is 9.71. The highest BCUT2D eigenvalue weighted by Gasteiger charge is 2.50. The fraction of sp³-hybridized carbons (Fsp3) is 1.00. The standard InChI is InChI=1S/C15H29NO/c1-4-17-8-7-15(11-16-12(2)3)10-13-5-6-14(15)9-13/h12-14,16H,4-11H2,1-3H3. The zero-order chi connectivity index (χ0) is 12.3. The Morgan fingerprint density at radius 1 is 1.35 bits per heavy atom. The largest absolute Gasteiger partial charge is 0.382 e. The molecule has 2 rings (SSSR count). The van der Waals surface area contributed by atoms with Gasteiger partial charge in [-0.15, -0.1) is 0 Å². The third-order valence-electron chi connectivity index (χ3n) is 4.91. The fourth-order valence-corrected chi connectivity index (χ4v) is 4.00. The molecule has 0 aromatic rings. The zero-order valence-electron chi connectivity index (χ0n) is 11.8. The van der Waals surface area contributed by atoms with Gasteiger partial charge in [-0.1, -0.05) is 20.3 Å². The van der Waals surface area contributed by atoms with Crippen LogP contribution in [-0.4, -0.2) is 25.8 Å². The third-order valence-corrected chi connectivity index (χ3v) is 4.91. The minimum Gasteiger partial charge on any atom is -0.382 e. The van der Waals surface area contributed by atoms with Crippen molar-refractivity contribution < 1.29 is 4.74 Å². The number of ether oxygens (including phenoxy) is 1. The SMILES string of the molecule is CCOCCC1(CNC(C)C)CC2CCC1C2. The van der Waals surface area contributed by atoms with Crippen molar-refractivity contribution in [1.82, 2.24) is 5.32 Å². The van der Waals surface area contributed by atoms with Crippen LogP contribution in [-0.2, 0) is 4.74 Å². The van der Waals surface area contributed by atoms with E-state index in [0.29, 0.717) is 11.5 Å². The lowest BCUT2D eigenvalue weighted by Crippen LogP contribution is -2.42. The zero-order valence-corrected chi connectivity index (χ0v) is 11.8. The Hall–Kier alpha value is -0.0800. The van der Waals surface area contributed by atoms with Gasteiger partial charge in [0.25, 0.3) is 0 Å². The molecular formula is C15H29NO. The summed E-state index contributed by atoms with van der Waals surface area (Å²) in [6.07, 6.45) is 7.16. The minimum atomic E-state index is 0.558. The lowest BCUT2D eigenvalue weighted by Gasteiger charge is -2.39. The summed E-state index contributed by atoms with van der Waals surface area (Å²) in [6.45, 7) is 9.63. The molecular weight excluding hydrogens is 210 g/mol. The summed E-state index contributed by atoms with van der Waals surface area (Å²) >= 11 is 0. The second-order valence-electron chi connectivity index (χ2n) is 6.43. The first-order chi connectivity index (χ1) is 8.16. The van der Waals surface area contributed by atoms with Crippen molar-refractivity contribution in [1.29, 1.82) is 0 Å². The van der Waals surface area contributed by atoms with Crippen molar-refractivity contribution in [2.24, 2.45) is 17.3 Å². The van der Waals surface area contributed by atoms with Crippen molar-refractivity contribution in [3.8, 4) is 0 Å². The van der Waals surface area contributed by atoms with Crippen molar-refractivity contribution >= 4 is 0 Å². The van der Waals surface area contributed by atoms with Gasteiger partial charge in [-0.05, 0) is 49.9 Å². The van der Waals surface area contributed by atoms with Crippen LogP contribution in [0.2, 0.25) is 0 Å². The quantitative estimate of drug-likeness (QED) is 0.689. The van der Waals surface area contributed by atoms with Crippen LogP contribution in [0.15, 0.2) is 0 Å². The van der Waals surface area contributed by atoms with Gasteiger partial charge in [0.05, 0.1) is 0 Å². The van der Waals surface area contributed by atoms with E-state index in [0.717, 1.165) is 25.0 Å². The summed E-state index contributed by atoms with van der Waals surface area (Å²) in [6, 6.07) is 0.609. The molecule has 17 heavy (non-hydrogen) atoms. The van der Waals surface area contributed by atoms with Crippen LogP contribution in [0.1, 0.15) is 52.9 Å². The molecule has 0 radical (unpaired) electrons. The van der Waals surface area contributed by atoms with Gasteiger partial charge < -0.3 is 10.1 Å². The van der Waals surface area contributed by atoms with E-state index in [9.17, 15) is 0 Å². The van der Waals surface area contributed by atoms with Gasteiger partial charge in [-0.25, -0.2) is 0 Å². The average Bonchev–Trinajstić information content (AvgIpc) is 2.87. The van der Waals surface area contributed by atoms with Crippen molar-refractivity contribution in [3.63, 3.8) is 0 Å². The Bertz CT molecular complexity index is 241. The van der Waals surface area contributed by atoms with Crippen LogP contribution in [0, 0.1) is 17.3 Å². The highest BCUT2D eigenvalue weighted by Crippen LogP contribution is 2.57. The van der Waals surface area contributed by atoms with Crippen molar-refractivity contribution in [2.75, 3.05) is 19.8 Å². The lowest BCUT2D eigenvalue weighted by molar-refractivity contribution is 0.0670. The van der Waals surface area contributed by atoms with E-state index in [1.165, 1.54) is 38.6 Å². The van der Waals surface area contributed by atoms with Gasteiger partial charge in [-0.2, -0.15) is 0 Å². The fourth-order valence-electron chi connectivity index (χ4n) is 4.00. The molecule has 2 bridgehead atoms. The van der Waals surface area contributed by atoms with E-state index in [-0.39, 0.29) is 0 Å². The van der Waals surface area contributed by atoms with E-state index in [1.54, 1.807) is 0 Å². The number of fused-ring (bicyclic) bond motifs is 2. The molecule has 2 nitrogen and oxygen atoms in total.